The molecule has 1 aliphatic carbocycles. The number of carbonyl (C=O) groups excluding carboxylic acids is 1. The zero-order valence-electron chi connectivity index (χ0n) is 19.1. The Kier molecular flexibility index (Phi) is 5.39. The Morgan fingerprint density at radius 3 is 2.71 bits per heavy atom. The van der Waals surface area contributed by atoms with Gasteiger partial charge in [-0.1, -0.05) is 12.1 Å². The zero-order valence-corrected chi connectivity index (χ0v) is 19.1. The highest BCUT2D eigenvalue weighted by atomic mass is 19.1. The molecule has 2 aliphatic rings. The minimum atomic E-state index is -1.70. The number of hydrogen-bond acceptors (Lipinski definition) is 6. The number of halogens is 1. The molecule has 172 valence electrons. The smallest absolute Gasteiger partial charge is 0.184 e. The molecule has 0 spiro atoms. The van der Waals surface area contributed by atoms with Crippen LogP contribution in [0.2, 0.25) is 0 Å². The van der Waals surface area contributed by atoms with Crippen LogP contribution in [-0.2, 0) is 10.3 Å². The molecule has 34 heavy (non-hydrogen) atoms. The summed E-state index contributed by atoms with van der Waals surface area (Å²) in [7, 11) is 0. The van der Waals surface area contributed by atoms with Crippen LogP contribution in [0.15, 0.2) is 30.6 Å². The molecule has 2 aromatic heterocycles. The summed E-state index contributed by atoms with van der Waals surface area (Å²) in [6.07, 6.45) is 8.47. The minimum Gasteiger partial charge on any atom is -0.317 e. The third kappa shape index (κ3) is 3.45. The SMILES string of the molecule is Cc1cccc(F)c1C1(N)C=c2c(-c3cn(C4CCNCC4)nc3C)cnc(C#N)c2=CC1=O. The first-order valence-corrected chi connectivity index (χ1v) is 11.3. The highest BCUT2D eigenvalue weighted by molar-refractivity contribution is 6.17. The topological polar surface area (TPSA) is 110 Å². The van der Waals surface area contributed by atoms with Crippen LogP contribution >= 0.6 is 0 Å². The van der Waals surface area contributed by atoms with Crippen molar-refractivity contribution in [1.29, 1.82) is 5.26 Å². The Morgan fingerprint density at radius 1 is 1.24 bits per heavy atom. The van der Waals surface area contributed by atoms with Crippen molar-refractivity contribution in [1.82, 2.24) is 20.1 Å². The molecule has 0 saturated carbocycles. The molecule has 1 unspecified atom stereocenters. The van der Waals surface area contributed by atoms with Crippen LogP contribution in [0.4, 0.5) is 4.39 Å². The van der Waals surface area contributed by atoms with E-state index in [1.54, 1.807) is 31.3 Å². The number of pyridine rings is 1. The molecule has 1 atom stereocenters. The van der Waals surface area contributed by atoms with Gasteiger partial charge in [-0.3, -0.25) is 9.48 Å². The Hall–Kier alpha value is -3.67. The Morgan fingerprint density at radius 2 is 2.00 bits per heavy atom. The average Bonchev–Trinajstić information content (AvgIpc) is 3.21. The molecule has 1 aliphatic heterocycles. The van der Waals surface area contributed by atoms with Crippen LogP contribution in [0.3, 0.4) is 0 Å². The summed E-state index contributed by atoms with van der Waals surface area (Å²) in [6, 6.07) is 6.97. The molecule has 1 saturated heterocycles. The second-order valence-electron chi connectivity index (χ2n) is 9.00. The Labute approximate surface area is 196 Å². The number of benzene rings is 1. The maximum atomic E-state index is 14.9. The van der Waals surface area contributed by atoms with Crippen molar-refractivity contribution in [3.05, 3.63) is 69.4 Å². The number of piperidine rings is 1. The van der Waals surface area contributed by atoms with Crippen molar-refractivity contribution in [3.63, 3.8) is 0 Å². The maximum Gasteiger partial charge on any atom is 0.184 e. The molecule has 1 aromatic carbocycles. The summed E-state index contributed by atoms with van der Waals surface area (Å²) < 4.78 is 16.9. The predicted octanol–water partition coefficient (Wildman–Crippen LogP) is 1.50. The quantitative estimate of drug-likeness (QED) is 0.618. The fraction of sp³-hybridized carbons (Fsp3) is 0.308. The summed E-state index contributed by atoms with van der Waals surface area (Å²) in [4.78, 5) is 17.6. The van der Waals surface area contributed by atoms with E-state index in [0.29, 0.717) is 27.6 Å². The predicted molar refractivity (Wildman–Crippen MR) is 126 cm³/mol. The van der Waals surface area contributed by atoms with E-state index in [1.165, 1.54) is 12.1 Å². The van der Waals surface area contributed by atoms with Gasteiger partial charge in [0, 0.05) is 34.3 Å². The molecule has 0 radical (unpaired) electrons. The van der Waals surface area contributed by atoms with Crippen LogP contribution in [-0.4, -0.2) is 33.6 Å². The van der Waals surface area contributed by atoms with E-state index in [4.69, 9.17) is 10.8 Å². The largest absolute Gasteiger partial charge is 0.317 e. The molecule has 3 aromatic rings. The lowest BCUT2D eigenvalue weighted by molar-refractivity contribution is -0.116. The summed E-state index contributed by atoms with van der Waals surface area (Å²) in [5.74, 6) is -1.04. The third-order valence-corrected chi connectivity index (χ3v) is 6.84. The fourth-order valence-electron chi connectivity index (χ4n) is 5.05. The highest BCUT2D eigenvalue weighted by Crippen LogP contribution is 2.30. The second kappa shape index (κ2) is 8.28. The average molecular weight is 457 g/mol. The monoisotopic (exact) mass is 456 g/mol. The molecule has 1 fully saturated rings. The molecule has 8 heteroatoms. The van der Waals surface area contributed by atoms with Crippen molar-refractivity contribution >= 4 is 17.9 Å². The lowest BCUT2D eigenvalue weighted by Gasteiger charge is -2.28. The van der Waals surface area contributed by atoms with Crippen molar-refractivity contribution in [2.45, 2.75) is 38.3 Å². The first-order chi connectivity index (χ1) is 16.3. The Bertz CT molecular complexity index is 1460. The molecule has 7 nitrogen and oxygen atoms in total. The summed E-state index contributed by atoms with van der Waals surface area (Å²) in [5.41, 5.74) is 8.12. The summed E-state index contributed by atoms with van der Waals surface area (Å²) in [6.45, 7) is 5.53. The minimum absolute atomic E-state index is 0.124. The second-order valence-corrected chi connectivity index (χ2v) is 9.00. The van der Waals surface area contributed by atoms with Gasteiger partial charge in [-0.15, -0.1) is 0 Å². The number of aryl methyl sites for hydroxylation is 2. The number of rotatable bonds is 3. The number of nitrogens with two attached hydrogens (primary N) is 1. The van der Waals surface area contributed by atoms with Crippen LogP contribution in [0.1, 0.15) is 41.4 Å². The van der Waals surface area contributed by atoms with Crippen molar-refractivity contribution < 1.29 is 9.18 Å². The van der Waals surface area contributed by atoms with Crippen LogP contribution < -0.4 is 21.5 Å². The normalized spacial score (nSPS) is 20.3. The number of nitrogens with zero attached hydrogens (tertiary/aromatic N) is 4. The molecule has 0 bridgehead atoms. The fourth-order valence-corrected chi connectivity index (χ4v) is 5.05. The Balaban J connectivity index is 1.76. The van der Waals surface area contributed by atoms with Gasteiger partial charge in [0.05, 0.1) is 11.7 Å². The number of fused-ring (bicyclic) bond motifs is 1. The molecule has 3 heterocycles. The van der Waals surface area contributed by atoms with E-state index in [2.05, 4.69) is 16.4 Å². The zero-order chi connectivity index (χ0) is 24.0. The first-order valence-electron chi connectivity index (χ1n) is 11.3. The molecular formula is C26H25FN6O. The third-order valence-electron chi connectivity index (χ3n) is 6.84. The van der Waals surface area contributed by atoms with Gasteiger partial charge in [-0.05, 0) is 68.8 Å². The first kappa shape index (κ1) is 22.1. The number of aromatic nitrogens is 3. The van der Waals surface area contributed by atoms with Gasteiger partial charge in [0.15, 0.2) is 5.78 Å². The van der Waals surface area contributed by atoms with Gasteiger partial charge < -0.3 is 11.1 Å². The number of carbonyl (C=O) groups is 1. The molecule has 5 rings (SSSR count). The lowest BCUT2D eigenvalue weighted by Crippen LogP contribution is -2.51. The van der Waals surface area contributed by atoms with Crippen LogP contribution in [0, 0.1) is 31.0 Å². The summed E-state index contributed by atoms with van der Waals surface area (Å²) in [5, 5.41) is 18.7. The van der Waals surface area contributed by atoms with Crippen LogP contribution in [0.5, 0.6) is 0 Å². The molecule has 0 amide bonds. The van der Waals surface area contributed by atoms with Gasteiger partial charge in [0.25, 0.3) is 0 Å². The van der Waals surface area contributed by atoms with E-state index in [0.717, 1.165) is 37.2 Å². The van der Waals surface area contributed by atoms with Gasteiger partial charge in [0.2, 0.25) is 0 Å². The lowest BCUT2D eigenvalue weighted by atomic mass is 9.79. The number of ketones is 1. The van der Waals surface area contributed by atoms with E-state index >= 15 is 0 Å². The number of nitriles is 1. The maximum absolute atomic E-state index is 14.9. The van der Waals surface area contributed by atoms with Gasteiger partial charge in [-0.2, -0.15) is 10.4 Å². The van der Waals surface area contributed by atoms with E-state index < -0.39 is 17.1 Å². The number of Topliss-reactive ketones (excluding diaryl/α,β-unsaturated/α-hetero) is 1. The molecular weight excluding hydrogens is 431 g/mol. The standard InChI is InChI=1S/C26H25FN6O/c1-15-4-3-5-22(27)25(15)26(29)11-19-18(10-24(26)34)23(12-28)31-13-20(19)21-14-33(32-16(21)2)17-6-8-30-9-7-17/h3-5,10-11,13-14,17,30H,6-9,29H2,1-2H3. The van der Waals surface area contributed by atoms with E-state index in [1.807, 2.05) is 17.8 Å². The van der Waals surface area contributed by atoms with E-state index in [9.17, 15) is 14.4 Å². The van der Waals surface area contributed by atoms with Gasteiger partial charge in [0.1, 0.15) is 23.1 Å². The molecule has 3 N–H and O–H groups in total. The van der Waals surface area contributed by atoms with Gasteiger partial charge >= 0.3 is 0 Å². The van der Waals surface area contributed by atoms with Crippen LogP contribution in [0.25, 0.3) is 23.3 Å². The van der Waals surface area contributed by atoms with Crippen molar-refractivity contribution in [2.24, 2.45) is 5.73 Å². The summed E-state index contributed by atoms with van der Waals surface area (Å²) >= 11 is 0. The van der Waals surface area contributed by atoms with Crippen molar-refractivity contribution in [2.75, 3.05) is 13.1 Å². The van der Waals surface area contributed by atoms with Crippen molar-refractivity contribution in [3.8, 4) is 17.2 Å². The number of nitrogens with one attached hydrogen (secondary N) is 1. The van der Waals surface area contributed by atoms with Gasteiger partial charge in [-0.25, -0.2) is 9.37 Å². The highest BCUT2D eigenvalue weighted by Gasteiger charge is 2.38. The van der Waals surface area contributed by atoms with E-state index in [-0.39, 0.29) is 11.3 Å². The number of hydrogen-bond donors (Lipinski definition) is 2.